The number of rotatable bonds is 7. The maximum absolute atomic E-state index is 13.4. The number of nitrogens with one attached hydrogen (secondary N) is 1. The van der Waals surface area contributed by atoms with Crippen LogP contribution in [0.3, 0.4) is 0 Å². The Morgan fingerprint density at radius 1 is 0.900 bits per heavy atom. The van der Waals surface area contributed by atoms with Gasteiger partial charge in [0.25, 0.3) is 11.2 Å². The third-order valence-electron chi connectivity index (χ3n) is 5.59. The van der Waals surface area contributed by atoms with Crippen molar-refractivity contribution in [3.8, 4) is 11.5 Å². The molecule has 0 saturated carbocycles. The van der Waals surface area contributed by atoms with Crippen molar-refractivity contribution in [2.24, 2.45) is 0 Å². The molecule has 0 saturated heterocycles. The lowest BCUT2D eigenvalue weighted by atomic mass is 10.1. The Kier molecular flexibility index (Phi) is 7.53. The van der Waals surface area contributed by atoms with E-state index in [4.69, 9.17) is 4.74 Å². The van der Waals surface area contributed by atoms with Gasteiger partial charge >= 0.3 is 12.4 Å². The highest BCUT2D eigenvalue weighted by atomic mass is 19.4. The standard InChI is InChI=1S/C26H18F6N4O4/c1-15-2-7-18(8-3-15)40-19-9-4-16(5-10-19)14-35-23(37)13-22(26(30,31)32)34-24(35)33-20-11-6-17(25(27,28)29)12-21(20)36(38)39/h2-13H,14H2,1H3,(H,33,34). The first-order valence-electron chi connectivity index (χ1n) is 11.4. The highest BCUT2D eigenvalue weighted by Gasteiger charge is 2.35. The van der Waals surface area contributed by atoms with Crippen LogP contribution >= 0.6 is 0 Å². The Bertz CT molecular complexity index is 1600. The van der Waals surface area contributed by atoms with Gasteiger partial charge in [0.2, 0.25) is 5.95 Å². The van der Waals surface area contributed by atoms with Crippen LogP contribution < -0.4 is 15.6 Å². The SMILES string of the molecule is Cc1ccc(Oc2ccc(Cn3c(Nc4ccc(C(F)(F)F)cc4[N+](=O)[O-])nc(C(F)(F)F)cc3=O)cc2)cc1. The normalized spacial score (nSPS) is 11.8. The van der Waals surface area contributed by atoms with Crippen molar-refractivity contribution in [2.75, 3.05) is 5.32 Å². The maximum atomic E-state index is 13.4. The lowest BCUT2D eigenvalue weighted by Crippen LogP contribution is -2.27. The summed E-state index contributed by atoms with van der Waals surface area (Å²) in [5.41, 5.74) is -4.31. The first-order valence-corrected chi connectivity index (χ1v) is 11.4. The van der Waals surface area contributed by atoms with Gasteiger partial charge in [0, 0.05) is 12.1 Å². The van der Waals surface area contributed by atoms with Gasteiger partial charge in [0.1, 0.15) is 17.2 Å². The van der Waals surface area contributed by atoms with E-state index in [-0.39, 0.29) is 18.7 Å². The number of benzene rings is 3. The smallest absolute Gasteiger partial charge is 0.433 e. The summed E-state index contributed by atoms with van der Waals surface area (Å²) >= 11 is 0. The van der Waals surface area contributed by atoms with Crippen molar-refractivity contribution in [1.82, 2.24) is 9.55 Å². The molecule has 0 fully saturated rings. The van der Waals surface area contributed by atoms with Crippen molar-refractivity contribution < 1.29 is 36.0 Å². The van der Waals surface area contributed by atoms with Gasteiger partial charge in [-0.05, 0) is 48.9 Å². The van der Waals surface area contributed by atoms with Crippen molar-refractivity contribution in [3.63, 3.8) is 0 Å². The quantitative estimate of drug-likeness (QED) is 0.146. The number of halogens is 6. The van der Waals surface area contributed by atoms with Crippen LogP contribution in [0.5, 0.6) is 11.5 Å². The minimum Gasteiger partial charge on any atom is -0.457 e. The van der Waals surface area contributed by atoms with E-state index in [0.29, 0.717) is 29.2 Å². The summed E-state index contributed by atoms with van der Waals surface area (Å²) < 4.78 is 85.9. The van der Waals surface area contributed by atoms with Gasteiger partial charge < -0.3 is 10.1 Å². The van der Waals surface area contributed by atoms with Gasteiger partial charge in [0.05, 0.1) is 17.0 Å². The summed E-state index contributed by atoms with van der Waals surface area (Å²) in [7, 11) is 0. The van der Waals surface area contributed by atoms with Crippen LogP contribution in [0.4, 0.5) is 43.7 Å². The van der Waals surface area contributed by atoms with Crippen molar-refractivity contribution in [3.05, 3.63) is 116 Å². The summed E-state index contributed by atoms with van der Waals surface area (Å²) in [6, 6.07) is 15.1. The van der Waals surface area contributed by atoms with Gasteiger partial charge in [-0.3, -0.25) is 19.5 Å². The van der Waals surface area contributed by atoms with Crippen molar-refractivity contribution in [2.45, 2.75) is 25.8 Å². The molecule has 0 amide bonds. The second kappa shape index (κ2) is 10.7. The molecule has 0 atom stereocenters. The molecule has 4 aromatic rings. The Morgan fingerprint density at radius 2 is 1.50 bits per heavy atom. The molecule has 1 aromatic heterocycles. The summed E-state index contributed by atoms with van der Waals surface area (Å²) in [5, 5.41) is 13.7. The molecule has 0 unspecified atom stereocenters. The fourth-order valence-corrected chi connectivity index (χ4v) is 3.57. The highest BCUT2D eigenvalue weighted by molar-refractivity contribution is 5.67. The maximum Gasteiger partial charge on any atom is 0.433 e. The monoisotopic (exact) mass is 564 g/mol. The van der Waals surface area contributed by atoms with Crippen LogP contribution in [0.1, 0.15) is 22.4 Å². The highest BCUT2D eigenvalue weighted by Crippen LogP contribution is 2.36. The number of ether oxygens (including phenoxy) is 1. The molecule has 0 aliphatic rings. The average molecular weight is 564 g/mol. The molecule has 0 aliphatic heterocycles. The van der Waals surface area contributed by atoms with Gasteiger partial charge in [-0.25, -0.2) is 4.98 Å². The Hall–Kier alpha value is -4.88. The molecule has 3 aromatic carbocycles. The zero-order valence-electron chi connectivity index (χ0n) is 20.4. The molecule has 0 radical (unpaired) electrons. The van der Waals surface area contributed by atoms with Crippen molar-refractivity contribution in [1.29, 1.82) is 0 Å². The van der Waals surface area contributed by atoms with Gasteiger partial charge in [-0.15, -0.1) is 0 Å². The predicted molar refractivity (Wildman–Crippen MR) is 132 cm³/mol. The fraction of sp³-hybridized carbons (Fsp3) is 0.154. The Balaban J connectivity index is 1.69. The molecule has 0 aliphatic carbocycles. The van der Waals surface area contributed by atoms with E-state index in [1.165, 1.54) is 12.1 Å². The van der Waals surface area contributed by atoms with E-state index in [0.717, 1.165) is 10.1 Å². The van der Waals surface area contributed by atoms with Gasteiger partial charge in [-0.2, -0.15) is 26.3 Å². The molecular weight excluding hydrogens is 546 g/mol. The number of anilines is 2. The number of hydrogen-bond donors (Lipinski definition) is 1. The second-order valence-electron chi connectivity index (χ2n) is 8.56. The number of aryl methyl sites for hydroxylation is 1. The number of aromatic nitrogens is 2. The molecule has 208 valence electrons. The number of alkyl halides is 6. The number of nitrogens with zero attached hydrogens (tertiary/aromatic N) is 3. The summed E-state index contributed by atoms with van der Waals surface area (Å²) in [5.74, 6) is 0.234. The lowest BCUT2D eigenvalue weighted by Gasteiger charge is -2.17. The Morgan fingerprint density at radius 3 is 2.05 bits per heavy atom. The Labute approximate surface area is 221 Å². The minimum absolute atomic E-state index is 0.227. The molecule has 4 rings (SSSR count). The van der Waals surface area contributed by atoms with E-state index >= 15 is 0 Å². The fourth-order valence-electron chi connectivity index (χ4n) is 3.57. The third kappa shape index (κ3) is 6.57. The average Bonchev–Trinajstić information content (AvgIpc) is 2.87. The molecule has 14 heteroatoms. The molecular formula is C26H18F6N4O4. The lowest BCUT2D eigenvalue weighted by molar-refractivity contribution is -0.384. The first-order chi connectivity index (χ1) is 18.7. The zero-order chi connectivity index (χ0) is 29.2. The second-order valence-corrected chi connectivity index (χ2v) is 8.56. The summed E-state index contributed by atoms with van der Waals surface area (Å²) in [4.78, 5) is 26.4. The van der Waals surface area contributed by atoms with Gasteiger partial charge in [0.15, 0.2) is 5.69 Å². The van der Waals surface area contributed by atoms with E-state index in [1.807, 2.05) is 19.1 Å². The molecule has 1 N–H and O–H groups in total. The van der Waals surface area contributed by atoms with Gasteiger partial charge in [-0.1, -0.05) is 29.8 Å². The first kappa shape index (κ1) is 28.1. The molecule has 8 nitrogen and oxygen atoms in total. The van der Waals surface area contributed by atoms with E-state index in [2.05, 4.69) is 10.3 Å². The molecule has 40 heavy (non-hydrogen) atoms. The van der Waals surface area contributed by atoms with Crippen LogP contribution in [-0.2, 0) is 18.9 Å². The van der Waals surface area contributed by atoms with Crippen LogP contribution in [0.2, 0.25) is 0 Å². The van der Waals surface area contributed by atoms with E-state index < -0.39 is 51.4 Å². The largest absolute Gasteiger partial charge is 0.457 e. The third-order valence-corrected chi connectivity index (χ3v) is 5.59. The van der Waals surface area contributed by atoms with Crippen LogP contribution in [0.15, 0.2) is 77.6 Å². The number of nitro groups is 1. The van der Waals surface area contributed by atoms with E-state index in [9.17, 15) is 41.3 Å². The molecule has 0 bridgehead atoms. The van der Waals surface area contributed by atoms with Crippen LogP contribution in [0.25, 0.3) is 0 Å². The van der Waals surface area contributed by atoms with Crippen molar-refractivity contribution >= 4 is 17.3 Å². The zero-order valence-corrected chi connectivity index (χ0v) is 20.4. The summed E-state index contributed by atoms with van der Waals surface area (Å²) in [6.45, 7) is 1.58. The predicted octanol–water partition coefficient (Wildman–Crippen LogP) is 7.08. The van der Waals surface area contributed by atoms with Crippen LogP contribution in [-0.4, -0.2) is 14.5 Å². The minimum atomic E-state index is -5.05. The number of hydrogen-bond acceptors (Lipinski definition) is 6. The molecule has 0 spiro atoms. The van der Waals surface area contributed by atoms with E-state index in [1.54, 1.807) is 24.3 Å². The molecule has 1 heterocycles. The topological polar surface area (TPSA) is 99.3 Å². The van der Waals surface area contributed by atoms with Crippen LogP contribution in [0, 0.1) is 17.0 Å². The summed E-state index contributed by atoms with van der Waals surface area (Å²) in [6.07, 6.45) is -9.95. The number of nitro benzene ring substituents is 1.